The number of hydrogen-bond acceptors (Lipinski definition) is 4. The summed E-state index contributed by atoms with van der Waals surface area (Å²) < 4.78 is 30.7. The van der Waals surface area contributed by atoms with E-state index in [1.54, 1.807) is 30.3 Å². The lowest BCUT2D eigenvalue weighted by molar-refractivity contribution is -0.117. The van der Waals surface area contributed by atoms with Crippen LogP contribution >= 0.6 is 11.6 Å². The molecule has 3 N–H and O–H groups in total. The van der Waals surface area contributed by atoms with Crippen LogP contribution in [0.25, 0.3) is 12.2 Å². The molecule has 240 valence electrons. The standard InChI is InChI=1S/C36H43ClN2O5S/c1-35(2,3)17-15-25-7-11-28(12-8-25)32(23-26-9-13-29(14-10-26)33(40)38-19-20-45(42,43)44)34(41)39-31-22-27(21-30(37)24-31)16-18-36(4,5)6/h7-18,21-22,24,32H,19-20,23H2,1-6H3,(H,38,40)(H,39,41)(H,42,43,44). The quantitative estimate of drug-likeness (QED) is 0.182. The van der Waals surface area contributed by atoms with E-state index in [1.807, 2.05) is 42.5 Å². The van der Waals surface area contributed by atoms with Gasteiger partial charge in [-0.05, 0) is 69.8 Å². The minimum absolute atomic E-state index is 0.0125. The molecule has 7 nitrogen and oxygen atoms in total. The summed E-state index contributed by atoms with van der Waals surface area (Å²) in [5.41, 5.74) is 4.53. The Balaban J connectivity index is 1.87. The lowest BCUT2D eigenvalue weighted by Gasteiger charge is -2.19. The molecule has 45 heavy (non-hydrogen) atoms. The van der Waals surface area contributed by atoms with E-state index in [-0.39, 0.29) is 23.3 Å². The summed E-state index contributed by atoms with van der Waals surface area (Å²) in [4.78, 5) is 26.3. The molecular weight excluding hydrogens is 608 g/mol. The van der Waals surface area contributed by atoms with Crippen LogP contribution in [0.3, 0.4) is 0 Å². The van der Waals surface area contributed by atoms with Crippen molar-refractivity contribution in [3.05, 3.63) is 112 Å². The molecule has 3 rings (SSSR count). The summed E-state index contributed by atoms with van der Waals surface area (Å²) in [5.74, 6) is -1.78. The molecule has 1 atom stereocenters. The highest BCUT2D eigenvalue weighted by atomic mass is 35.5. The highest BCUT2D eigenvalue weighted by Crippen LogP contribution is 2.28. The zero-order chi connectivity index (χ0) is 33.4. The predicted octanol–water partition coefficient (Wildman–Crippen LogP) is 8.04. The van der Waals surface area contributed by atoms with Gasteiger partial charge < -0.3 is 10.6 Å². The fourth-order valence-corrected chi connectivity index (χ4v) is 4.93. The number of anilines is 1. The number of carbonyl (C=O) groups is 2. The summed E-state index contributed by atoms with van der Waals surface area (Å²) >= 11 is 6.42. The predicted molar refractivity (Wildman–Crippen MR) is 185 cm³/mol. The molecule has 9 heteroatoms. The van der Waals surface area contributed by atoms with Crippen LogP contribution in [-0.2, 0) is 21.3 Å². The first kappa shape index (κ1) is 35.8. The van der Waals surface area contributed by atoms with Crippen molar-refractivity contribution in [1.29, 1.82) is 0 Å². The molecule has 1 unspecified atom stereocenters. The van der Waals surface area contributed by atoms with E-state index in [1.165, 1.54) is 0 Å². The summed E-state index contributed by atoms with van der Waals surface area (Å²) in [6.45, 7) is 12.5. The lowest BCUT2D eigenvalue weighted by atomic mass is 9.89. The second kappa shape index (κ2) is 15.0. The van der Waals surface area contributed by atoms with Crippen LogP contribution in [0.5, 0.6) is 0 Å². The number of halogens is 1. The van der Waals surface area contributed by atoms with Crippen molar-refractivity contribution in [2.45, 2.75) is 53.9 Å². The number of allylic oxidation sites excluding steroid dienone is 2. The first-order valence-corrected chi connectivity index (χ1v) is 16.8. The fourth-order valence-electron chi connectivity index (χ4n) is 4.33. The molecule has 0 aliphatic heterocycles. The zero-order valence-electron chi connectivity index (χ0n) is 26.7. The van der Waals surface area contributed by atoms with Gasteiger partial charge in [0.05, 0.1) is 11.7 Å². The Morgan fingerprint density at radius 3 is 1.98 bits per heavy atom. The van der Waals surface area contributed by atoms with Gasteiger partial charge >= 0.3 is 0 Å². The first-order valence-electron chi connectivity index (χ1n) is 14.8. The van der Waals surface area contributed by atoms with Gasteiger partial charge in [0.15, 0.2) is 0 Å². The van der Waals surface area contributed by atoms with Gasteiger partial charge in [-0.25, -0.2) is 0 Å². The number of nitrogens with one attached hydrogen (secondary N) is 2. The molecule has 0 bridgehead atoms. The number of hydrogen-bond donors (Lipinski definition) is 3. The number of benzene rings is 3. The van der Waals surface area contributed by atoms with E-state index < -0.39 is 27.7 Å². The second-order valence-corrected chi connectivity index (χ2v) is 15.3. The van der Waals surface area contributed by atoms with Gasteiger partial charge in [0.2, 0.25) is 5.91 Å². The van der Waals surface area contributed by atoms with Crippen molar-refractivity contribution in [3.8, 4) is 0 Å². The molecule has 0 spiro atoms. The van der Waals surface area contributed by atoms with E-state index in [4.69, 9.17) is 16.2 Å². The van der Waals surface area contributed by atoms with Crippen LogP contribution in [0.15, 0.2) is 78.9 Å². The number of carbonyl (C=O) groups excluding carboxylic acids is 2. The van der Waals surface area contributed by atoms with Gasteiger partial charge in [0, 0.05) is 22.8 Å². The van der Waals surface area contributed by atoms with Crippen molar-refractivity contribution in [2.24, 2.45) is 10.8 Å². The van der Waals surface area contributed by atoms with Gasteiger partial charge in [0.25, 0.3) is 16.0 Å². The van der Waals surface area contributed by atoms with Gasteiger partial charge in [-0.15, -0.1) is 0 Å². The van der Waals surface area contributed by atoms with Crippen LogP contribution in [-0.4, -0.2) is 37.1 Å². The fraction of sp³-hybridized carbons (Fsp3) is 0.333. The molecule has 0 radical (unpaired) electrons. The highest BCUT2D eigenvalue weighted by Gasteiger charge is 2.22. The molecule has 0 heterocycles. The third-order valence-corrected chi connectivity index (χ3v) is 7.63. The average Bonchev–Trinajstić information content (AvgIpc) is 2.92. The van der Waals surface area contributed by atoms with Crippen LogP contribution in [0.1, 0.15) is 80.1 Å². The lowest BCUT2D eigenvalue weighted by Crippen LogP contribution is -2.28. The molecule has 3 aromatic carbocycles. The molecular formula is C36H43ClN2O5S. The molecule has 0 aliphatic rings. The molecule has 3 aromatic rings. The smallest absolute Gasteiger partial charge is 0.266 e. The molecule has 0 aromatic heterocycles. The van der Waals surface area contributed by atoms with E-state index in [9.17, 15) is 18.0 Å². The monoisotopic (exact) mass is 650 g/mol. The van der Waals surface area contributed by atoms with E-state index in [0.29, 0.717) is 22.7 Å². The van der Waals surface area contributed by atoms with Crippen LogP contribution in [0.2, 0.25) is 5.02 Å². The maximum Gasteiger partial charge on any atom is 0.266 e. The van der Waals surface area contributed by atoms with Crippen molar-refractivity contribution < 1.29 is 22.6 Å². The molecule has 2 amide bonds. The van der Waals surface area contributed by atoms with Crippen molar-refractivity contribution in [2.75, 3.05) is 17.6 Å². The number of rotatable bonds is 11. The molecule has 0 aliphatic carbocycles. The minimum Gasteiger partial charge on any atom is -0.351 e. The van der Waals surface area contributed by atoms with E-state index in [2.05, 4.69) is 70.4 Å². The molecule has 0 saturated heterocycles. The maximum atomic E-state index is 13.9. The van der Waals surface area contributed by atoms with Crippen LogP contribution in [0.4, 0.5) is 5.69 Å². The Bertz CT molecular complexity index is 1650. The summed E-state index contributed by atoms with van der Waals surface area (Å²) in [5, 5.41) is 6.05. The zero-order valence-corrected chi connectivity index (χ0v) is 28.3. The number of amides is 2. The topological polar surface area (TPSA) is 113 Å². The van der Waals surface area contributed by atoms with Gasteiger partial charge in [-0.3, -0.25) is 14.1 Å². The Hall–Kier alpha value is -3.72. The van der Waals surface area contributed by atoms with Crippen molar-refractivity contribution >= 4 is 51.4 Å². The average molecular weight is 651 g/mol. The first-order chi connectivity index (χ1) is 20.9. The largest absolute Gasteiger partial charge is 0.351 e. The second-order valence-electron chi connectivity index (χ2n) is 13.3. The van der Waals surface area contributed by atoms with Crippen molar-refractivity contribution in [3.63, 3.8) is 0 Å². The van der Waals surface area contributed by atoms with Gasteiger partial charge in [0.1, 0.15) is 0 Å². The van der Waals surface area contributed by atoms with E-state index >= 15 is 0 Å². The highest BCUT2D eigenvalue weighted by molar-refractivity contribution is 7.85. The Labute approximate surface area is 272 Å². The van der Waals surface area contributed by atoms with E-state index in [0.717, 1.165) is 22.3 Å². The van der Waals surface area contributed by atoms with Gasteiger partial charge in [-0.2, -0.15) is 8.42 Å². The Morgan fingerprint density at radius 1 is 0.844 bits per heavy atom. The Kier molecular flexibility index (Phi) is 12.0. The third kappa shape index (κ3) is 13.0. The normalized spacial score (nSPS) is 13.2. The van der Waals surface area contributed by atoms with Crippen molar-refractivity contribution in [1.82, 2.24) is 5.32 Å². The third-order valence-electron chi connectivity index (χ3n) is 6.70. The summed E-state index contributed by atoms with van der Waals surface area (Å²) in [7, 11) is -4.17. The van der Waals surface area contributed by atoms with Gasteiger partial charge in [-0.1, -0.05) is 114 Å². The Morgan fingerprint density at radius 2 is 1.42 bits per heavy atom. The van der Waals surface area contributed by atoms with Crippen LogP contribution in [0, 0.1) is 10.8 Å². The summed E-state index contributed by atoms with van der Waals surface area (Å²) in [6, 6.07) is 20.1. The SMILES string of the molecule is CC(C)(C)C=Cc1ccc(C(Cc2ccc(C(=O)NCCS(=O)(=O)O)cc2)C(=O)Nc2cc(Cl)cc(C=CC(C)(C)C)c2)cc1. The van der Waals surface area contributed by atoms with Crippen LogP contribution < -0.4 is 10.6 Å². The molecule has 0 saturated carbocycles. The molecule has 0 fully saturated rings. The minimum atomic E-state index is -4.17. The summed E-state index contributed by atoms with van der Waals surface area (Å²) in [6.07, 6.45) is 8.64. The maximum absolute atomic E-state index is 13.9.